The Morgan fingerprint density at radius 1 is 1.36 bits per heavy atom. The van der Waals surface area contributed by atoms with Gasteiger partial charge in [0.2, 0.25) is 0 Å². The van der Waals surface area contributed by atoms with Crippen LogP contribution in [0.15, 0.2) is 35.6 Å². The van der Waals surface area contributed by atoms with Crippen LogP contribution in [-0.2, 0) is 0 Å². The number of nitrogen functional groups attached to an aromatic ring is 1. The van der Waals surface area contributed by atoms with Crippen molar-refractivity contribution < 1.29 is 8.78 Å². The van der Waals surface area contributed by atoms with Gasteiger partial charge in [-0.2, -0.15) is 0 Å². The Balaban J connectivity index is 1.92. The van der Waals surface area contributed by atoms with E-state index in [1.165, 1.54) is 23.5 Å². The lowest BCUT2D eigenvalue weighted by atomic mass is 9.95. The molecule has 28 heavy (non-hydrogen) atoms. The van der Waals surface area contributed by atoms with E-state index in [0.29, 0.717) is 22.8 Å². The van der Waals surface area contributed by atoms with Crippen molar-refractivity contribution in [3.63, 3.8) is 0 Å². The van der Waals surface area contributed by atoms with Crippen LogP contribution in [0.3, 0.4) is 0 Å². The number of nitrogens with two attached hydrogens (primary N) is 1. The zero-order valence-corrected chi connectivity index (χ0v) is 15.4. The van der Waals surface area contributed by atoms with Crippen molar-refractivity contribution in [3.05, 3.63) is 47.4 Å². The number of anilines is 2. The van der Waals surface area contributed by atoms with Gasteiger partial charge in [0.05, 0.1) is 23.9 Å². The normalized spacial score (nSPS) is 17.0. The predicted octanol–water partition coefficient (Wildman–Crippen LogP) is 2.75. The van der Waals surface area contributed by atoms with Gasteiger partial charge in [0.15, 0.2) is 0 Å². The number of aromatic nitrogens is 2. The number of alkyl halides is 2. The summed E-state index contributed by atoms with van der Waals surface area (Å²) in [5.41, 5.74) is 8.01. The summed E-state index contributed by atoms with van der Waals surface area (Å²) in [5.74, 6) is -2.71. The highest BCUT2D eigenvalue weighted by Crippen LogP contribution is 2.30. The fourth-order valence-corrected chi connectivity index (χ4v) is 3.11. The van der Waals surface area contributed by atoms with Gasteiger partial charge in [0, 0.05) is 49.8 Å². The smallest absolute Gasteiger partial charge is 0.266 e. The van der Waals surface area contributed by atoms with E-state index in [1.807, 2.05) is 0 Å². The van der Waals surface area contributed by atoms with Gasteiger partial charge in [-0.1, -0.05) is 6.07 Å². The molecular weight excluding hydrogens is 364 g/mol. The molecule has 2 heterocycles. The first-order valence-electron chi connectivity index (χ1n) is 8.71. The van der Waals surface area contributed by atoms with Crippen LogP contribution in [0, 0.1) is 10.8 Å². The molecule has 0 radical (unpaired) electrons. The van der Waals surface area contributed by atoms with Crippen molar-refractivity contribution in [2.24, 2.45) is 4.99 Å². The summed E-state index contributed by atoms with van der Waals surface area (Å²) < 4.78 is 27.0. The third-order valence-corrected chi connectivity index (χ3v) is 4.62. The number of aliphatic imine (C=N–C) groups is 1. The number of benzene rings is 1. The molecule has 146 valence electrons. The van der Waals surface area contributed by atoms with Crippen molar-refractivity contribution >= 4 is 29.6 Å². The molecule has 2 aromatic rings. The Hall–Kier alpha value is -3.23. The summed E-state index contributed by atoms with van der Waals surface area (Å²) in [5, 5.41) is 16.1. The Morgan fingerprint density at radius 3 is 2.79 bits per heavy atom. The maximum absolute atomic E-state index is 13.5. The summed E-state index contributed by atoms with van der Waals surface area (Å²) in [4.78, 5) is 13.6. The van der Waals surface area contributed by atoms with Crippen molar-refractivity contribution in [2.75, 3.05) is 30.8 Å². The van der Waals surface area contributed by atoms with Gasteiger partial charge in [-0.3, -0.25) is 10.4 Å². The number of halogens is 2. The van der Waals surface area contributed by atoms with Crippen LogP contribution in [0.5, 0.6) is 0 Å². The zero-order chi connectivity index (χ0) is 20.3. The van der Waals surface area contributed by atoms with Gasteiger partial charge < -0.3 is 16.0 Å². The molecule has 0 spiro atoms. The van der Waals surface area contributed by atoms with Crippen LogP contribution < -0.4 is 10.6 Å². The summed E-state index contributed by atoms with van der Waals surface area (Å²) in [6.07, 6.45) is 3.92. The molecule has 3 rings (SSSR count). The molecule has 1 atom stereocenters. The average molecular weight is 385 g/mol. The molecule has 1 aromatic carbocycles. The molecule has 4 N–H and O–H groups in total. The van der Waals surface area contributed by atoms with Gasteiger partial charge >= 0.3 is 0 Å². The lowest BCUT2D eigenvalue weighted by Gasteiger charge is -2.18. The zero-order valence-electron chi connectivity index (χ0n) is 15.4. The molecule has 1 aliphatic heterocycles. The van der Waals surface area contributed by atoms with Gasteiger partial charge in [0.25, 0.3) is 5.92 Å². The molecule has 1 aliphatic rings. The number of hydrogen-bond acceptors (Lipinski definition) is 7. The summed E-state index contributed by atoms with van der Waals surface area (Å²) in [6, 6.07) is 6.70. The monoisotopic (exact) mass is 385 g/mol. The second-order valence-corrected chi connectivity index (χ2v) is 6.61. The Kier molecular flexibility index (Phi) is 5.43. The molecule has 7 nitrogen and oxygen atoms in total. The van der Waals surface area contributed by atoms with Crippen molar-refractivity contribution in [1.82, 2.24) is 9.97 Å². The minimum atomic E-state index is -2.74. The average Bonchev–Trinajstić information content (AvgIpc) is 3.06. The highest BCUT2D eigenvalue weighted by Gasteiger charge is 2.38. The van der Waals surface area contributed by atoms with Crippen LogP contribution in [0.25, 0.3) is 0 Å². The highest BCUT2D eigenvalue weighted by atomic mass is 19.3. The van der Waals surface area contributed by atoms with Gasteiger partial charge in [-0.25, -0.2) is 18.7 Å². The van der Waals surface area contributed by atoms with E-state index in [9.17, 15) is 8.78 Å². The first-order chi connectivity index (χ1) is 13.3. The fourth-order valence-electron chi connectivity index (χ4n) is 3.11. The molecule has 1 saturated heterocycles. The topological polar surface area (TPSA) is 115 Å². The third kappa shape index (κ3) is 4.03. The molecule has 0 saturated carbocycles. The lowest BCUT2D eigenvalue weighted by Crippen LogP contribution is -2.26. The van der Waals surface area contributed by atoms with E-state index in [4.69, 9.17) is 16.6 Å². The van der Waals surface area contributed by atoms with Crippen molar-refractivity contribution in [1.29, 1.82) is 10.8 Å². The molecule has 1 unspecified atom stereocenters. The van der Waals surface area contributed by atoms with Crippen LogP contribution in [0.1, 0.15) is 29.2 Å². The van der Waals surface area contributed by atoms with E-state index in [2.05, 4.69) is 15.0 Å². The largest absolute Gasteiger partial charge is 0.398 e. The first-order valence-corrected chi connectivity index (χ1v) is 8.71. The van der Waals surface area contributed by atoms with Crippen LogP contribution in [-0.4, -0.2) is 54.2 Å². The highest BCUT2D eigenvalue weighted by molar-refractivity contribution is 6.13. The summed E-state index contributed by atoms with van der Waals surface area (Å²) >= 11 is 0. The number of rotatable bonds is 6. The molecule has 9 heteroatoms. The fraction of sp³-hybridized carbons (Fsp3) is 0.316. The number of nitrogens with zero attached hydrogens (tertiary/aromatic N) is 4. The van der Waals surface area contributed by atoms with E-state index in [0.717, 1.165) is 5.56 Å². The quantitative estimate of drug-likeness (QED) is 0.524. The Labute approximate surface area is 161 Å². The van der Waals surface area contributed by atoms with Gasteiger partial charge in [-0.15, -0.1) is 0 Å². The van der Waals surface area contributed by atoms with Crippen molar-refractivity contribution in [2.45, 2.75) is 18.3 Å². The number of hydrogen-bond donors (Lipinski definition) is 3. The lowest BCUT2D eigenvalue weighted by molar-refractivity contribution is 0.0256. The van der Waals surface area contributed by atoms with Gasteiger partial charge in [0.1, 0.15) is 12.1 Å². The second kappa shape index (κ2) is 7.79. The third-order valence-electron chi connectivity index (χ3n) is 4.62. The standard InChI is InChI=1S/C19H21F2N7/c1-25-9-13(8-22)12-2-3-15(23)14(6-12)18(24)16-7-17(27-11-26-16)28-5-4-19(20,21)10-28/h2-3,6-9,11,13,22,24H,4-5,10,23H2,1H3. The van der Waals surface area contributed by atoms with E-state index < -0.39 is 12.5 Å². The minimum Gasteiger partial charge on any atom is -0.398 e. The molecule has 0 aliphatic carbocycles. The van der Waals surface area contributed by atoms with E-state index >= 15 is 0 Å². The maximum atomic E-state index is 13.5. The van der Waals surface area contributed by atoms with Crippen molar-refractivity contribution in [3.8, 4) is 0 Å². The summed E-state index contributed by atoms with van der Waals surface area (Å²) in [7, 11) is 1.63. The van der Waals surface area contributed by atoms with Crippen LogP contribution in [0.4, 0.5) is 20.3 Å². The van der Waals surface area contributed by atoms with E-state index in [-0.39, 0.29) is 24.6 Å². The SMILES string of the molecule is CN=CC(C=N)c1ccc(N)c(C(=N)c2cc(N3CCC(F)(F)C3)ncn2)c1. The molecular formula is C19H21F2N7. The molecule has 0 bridgehead atoms. The Morgan fingerprint density at radius 2 is 2.14 bits per heavy atom. The number of nitrogens with one attached hydrogen (secondary N) is 2. The molecule has 1 aromatic heterocycles. The molecule has 1 fully saturated rings. The minimum absolute atomic E-state index is 0.0612. The van der Waals surface area contributed by atoms with Crippen LogP contribution >= 0.6 is 0 Å². The predicted molar refractivity (Wildman–Crippen MR) is 107 cm³/mol. The first kappa shape index (κ1) is 19.5. The Bertz CT molecular complexity index is 926. The van der Waals surface area contributed by atoms with Crippen LogP contribution in [0.2, 0.25) is 0 Å². The second-order valence-electron chi connectivity index (χ2n) is 6.61. The molecule has 0 amide bonds. The summed E-state index contributed by atoms with van der Waals surface area (Å²) in [6.45, 7) is -0.197. The maximum Gasteiger partial charge on any atom is 0.266 e. The van der Waals surface area contributed by atoms with Gasteiger partial charge in [-0.05, 0) is 17.7 Å². The van der Waals surface area contributed by atoms with E-state index in [1.54, 1.807) is 31.5 Å².